The van der Waals surface area contributed by atoms with Crippen molar-refractivity contribution in [2.75, 3.05) is 11.9 Å². The van der Waals surface area contributed by atoms with Crippen LogP contribution in [-0.2, 0) is 5.75 Å². The Morgan fingerprint density at radius 1 is 1.37 bits per heavy atom. The van der Waals surface area contributed by atoms with Crippen molar-refractivity contribution >= 4 is 17.8 Å². The Morgan fingerprint density at radius 3 is 2.95 bits per heavy atom. The summed E-state index contributed by atoms with van der Waals surface area (Å²) < 4.78 is 5.14. The molecule has 1 N–H and O–H groups in total. The maximum absolute atomic E-state index is 5.14. The SMILES string of the molecule is Cc1cccc(SCc2noc(NCC(C)C)n2)c1. The summed E-state index contributed by atoms with van der Waals surface area (Å²) in [5.41, 5.74) is 1.26. The minimum Gasteiger partial charge on any atom is -0.337 e. The van der Waals surface area contributed by atoms with Crippen LogP contribution < -0.4 is 5.32 Å². The first-order chi connectivity index (χ1) is 9.13. The molecule has 102 valence electrons. The molecule has 4 nitrogen and oxygen atoms in total. The minimum atomic E-state index is 0.508. The second-order valence-corrected chi connectivity index (χ2v) is 5.94. The summed E-state index contributed by atoms with van der Waals surface area (Å²) in [6, 6.07) is 8.90. The Hall–Kier alpha value is -1.49. The lowest BCUT2D eigenvalue weighted by Gasteiger charge is -2.02. The summed E-state index contributed by atoms with van der Waals surface area (Å²) in [7, 11) is 0. The van der Waals surface area contributed by atoms with E-state index in [1.165, 1.54) is 10.5 Å². The Bertz CT molecular complexity index is 525. The lowest BCUT2D eigenvalue weighted by molar-refractivity contribution is 0.423. The van der Waals surface area contributed by atoms with Gasteiger partial charge in [0.25, 0.3) is 0 Å². The molecule has 1 aromatic carbocycles. The van der Waals surface area contributed by atoms with E-state index in [9.17, 15) is 0 Å². The van der Waals surface area contributed by atoms with Gasteiger partial charge in [-0.1, -0.05) is 36.7 Å². The molecule has 0 unspecified atom stereocenters. The van der Waals surface area contributed by atoms with Gasteiger partial charge in [0.1, 0.15) is 0 Å². The Kier molecular flexibility index (Phi) is 4.85. The van der Waals surface area contributed by atoms with E-state index in [0.29, 0.717) is 11.9 Å². The topological polar surface area (TPSA) is 51.0 Å². The first-order valence-electron chi connectivity index (χ1n) is 6.39. The van der Waals surface area contributed by atoms with Crippen molar-refractivity contribution in [1.82, 2.24) is 10.1 Å². The van der Waals surface area contributed by atoms with Gasteiger partial charge < -0.3 is 9.84 Å². The molecule has 0 saturated carbocycles. The van der Waals surface area contributed by atoms with E-state index in [0.717, 1.165) is 18.1 Å². The molecule has 0 fully saturated rings. The molecule has 0 amide bonds. The van der Waals surface area contributed by atoms with Crippen molar-refractivity contribution in [3.8, 4) is 0 Å². The molecule has 0 saturated heterocycles. The fourth-order valence-corrected chi connectivity index (χ4v) is 2.39. The lowest BCUT2D eigenvalue weighted by atomic mass is 10.2. The summed E-state index contributed by atoms with van der Waals surface area (Å²) in [5, 5.41) is 7.08. The monoisotopic (exact) mass is 277 g/mol. The van der Waals surface area contributed by atoms with Crippen LogP contribution in [0.15, 0.2) is 33.7 Å². The average molecular weight is 277 g/mol. The van der Waals surface area contributed by atoms with Crippen LogP contribution in [0.2, 0.25) is 0 Å². The molecule has 0 aliphatic rings. The molecule has 0 aliphatic heterocycles. The molecule has 1 aromatic heterocycles. The second-order valence-electron chi connectivity index (χ2n) is 4.90. The van der Waals surface area contributed by atoms with Gasteiger partial charge in [-0.15, -0.1) is 11.8 Å². The number of thioether (sulfide) groups is 1. The zero-order chi connectivity index (χ0) is 13.7. The molecule has 0 bridgehead atoms. The molecular formula is C14H19N3OS. The summed E-state index contributed by atoms with van der Waals surface area (Å²) in [6.07, 6.45) is 0. The van der Waals surface area contributed by atoms with Crippen molar-refractivity contribution in [3.63, 3.8) is 0 Å². The van der Waals surface area contributed by atoms with E-state index < -0.39 is 0 Å². The summed E-state index contributed by atoms with van der Waals surface area (Å²) >= 11 is 1.71. The molecule has 0 atom stereocenters. The molecule has 0 aliphatic carbocycles. The highest BCUT2D eigenvalue weighted by molar-refractivity contribution is 7.98. The third kappa shape index (κ3) is 4.59. The number of nitrogens with one attached hydrogen (secondary N) is 1. The van der Waals surface area contributed by atoms with E-state index >= 15 is 0 Å². The predicted molar refractivity (Wildman–Crippen MR) is 78.4 cm³/mol. The maximum Gasteiger partial charge on any atom is 0.321 e. The first kappa shape index (κ1) is 13.9. The predicted octanol–water partition coefficient (Wildman–Crippen LogP) is 3.74. The fourth-order valence-electron chi connectivity index (χ4n) is 1.53. The van der Waals surface area contributed by atoms with Gasteiger partial charge >= 0.3 is 6.01 Å². The van der Waals surface area contributed by atoms with Gasteiger partial charge in [0.15, 0.2) is 5.82 Å². The normalized spacial score (nSPS) is 10.9. The van der Waals surface area contributed by atoms with Gasteiger partial charge in [-0.25, -0.2) is 0 Å². The van der Waals surface area contributed by atoms with Crippen LogP contribution in [0.25, 0.3) is 0 Å². The van der Waals surface area contributed by atoms with Gasteiger partial charge in [0.05, 0.1) is 5.75 Å². The molecule has 0 radical (unpaired) electrons. The number of hydrogen-bond acceptors (Lipinski definition) is 5. The second kappa shape index (κ2) is 6.61. The zero-order valence-electron chi connectivity index (χ0n) is 11.5. The van der Waals surface area contributed by atoms with Crippen LogP contribution in [0.4, 0.5) is 6.01 Å². The minimum absolute atomic E-state index is 0.508. The van der Waals surface area contributed by atoms with Crippen molar-refractivity contribution in [3.05, 3.63) is 35.7 Å². The van der Waals surface area contributed by atoms with E-state index in [1.807, 2.05) is 0 Å². The van der Waals surface area contributed by atoms with E-state index in [-0.39, 0.29) is 0 Å². The number of hydrogen-bond donors (Lipinski definition) is 1. The van der Waals surface area contributed by atoms with Gasteiger partial charge in [0, 0.05) is 11.4 Å². The zero-order valence-corrected chi connectivity index (χ0v) is 12.3. The van der Waals surface area contributed by atoms with E-state index in [4.69, 9.17) is 4.52 Å². The Balaban J connectivity index is 1.86. The molecular weight excluding hydrogens is 258 g/mol. The van der Waals surface area contributed by atoms with Gasteiger partial charge in [-0.3, -0.25) is 0 Å². The summed E-state index contributed by atoms with van der Waals surface area (Å²) in [5.74, 6) is 1.99. The molecule has 1 heterocycles. The first-order valence-corrected chi connectivity index (χ1v) is 7.38. The van der Waals surface area contributed by atoms with E-state index in [2.05, 4.69) is 60.5 Å². The van der Waals surface area contributed by atoms with Crippen LogP contribution in [0.3, 0.4) is 0 Å². The van der Waals surface area contributed by atoms with Crippen LogP contribution in [-0.4, -0.2) is 16.7 Å². The summed E-state index contributed by atoms with van der Waals surface area (Å²) in [6.45, 7) is 7.20. The maximum atomic E-state index is 5.14. The molecule has 2 aromatic rings. The van der Waals surface area contributed by atoms with Crippen molar-refractivity contribution < 1.29 is 4.52 Å². The molecule has 5 heteroatoms. The van der Waals surface area contributed by atoms with Crippen LogP contribution >= 0.6 is 11.8 Å². The highest BCUT2D eigenvalue weighted by atomic mass is 32.2. The number of aromatic nitrogens is 2. The third-order valence-electron chi connectivity index (χ3n) is 2.49. The van der Waals surface area contributed by atoms with Crippen molar-refractivity contribution in [1.29, 1.82) is 0 Å². The van der Waals surface area contributed by atoms with Crippen LogP contribution in [0, 0.1) is 12.8 Å². The number of nitrogens with zero attached hydrogens (tertiary/aromatic N) is 2. The molecule has 0 spiro atoms. The third-order valence-corrected chi connectivity index (χ3v) is 3.48. The lowest BCUT2D eigenvalue weighted by Crippen LogP contribution is -2.07. The number of rotatable bonds is 6. The molecule has 2 rings (SSSR count). The highest BCUT2D eigenvalue weighted by Gasteiger charge is 2.06. The Labute approximate surface area is 118 Å². The van der Waals surface area contributed by atoms with Crippen molar-refractivity contribution in [2.45, 2.75) is 31.4 Å². The number of anilines is 1. The largest absolute Gasteiger partial charge is 0.337 e. The Morgan fingerprint density at radius 2 is 2.21 bits per heavy atom. The van der Waals surface area contributed by atoms with Crippen LogP contribution in [0.1, 0.15) is 25.2 Å². The average Bonchev–Trinajstić information content (AvgIpc) is 2.82. The van der Waals surface area contributed by atoms with Gasteiger partial charge in [-0.05, 0) is 25.0 Å². The number of aryl methyl sites for hydroxylation is 1. The molecule has 19 heavy (non-hydrogen) atoms. The standard InChI is InChI=1S/C14H19N3OS/c1-10(2)8-15-14-16-13(17-18-14)9-19-12-6-4-5-11(3)7-12/h4-7,10H,8-9H2,1-3H3,(H,15,16,17). The quantitative estimate of drug-likeness (QED) is 0.815. The van der Waals surface area contributed by atoms with Crippen molar-refractivity contribution in [2.24, 2.45) is 5.92 Å². The number of benzene rings is 1. The van der Waals surface area contributed by atoms with Gasteiger partial charge in [0.2, 0.25) is 0 Å². The van der Waals surface area contributed by atoms with Gasteiger partial charge in [-0.2, -0.15) is 4.98 Å². The fraction of sp³-hybridized carbons (Fsp3) is 0.429. The summed E-state index contributed by atoms with van der Waals surface area (Å²) in [4.78, 5) is 5.53. The van der Waals surface area contributed by atoms with Crippen LogP contribution in [0.5, 0.6) is 0 Å². The van der Waals surface area contributed by atoms with E-state index in [1.54, 1.807) is 11.8 Å². The highest BCUT2D eigenvalue weighted by Crippen LogP contribution is 2.22. The smallest absolute Gasteiger partial charge is 0.321 e.